The highest BCUT2D eigenvalue weighted by Gasteiger charge is 2.35. The van der Waals surface area contributed by atoms with Gasteiger partial charge in [-0.05, 0) is 37.1 Å². The number of ether oxygens (including phenoxy) is 1. The van der Waals surface area contributed by atoms with Crippen LogP contribution in [0.25, 0.3) is 0 Å². The third-order valence-electron chi connectivity index (χ3n) is 4.01. The highest BCUT2D eigenvalue weighted by Crippen LogP contribution is 2.34. The number of fused-ring (bicyclic) bond motifs is 1. The molecule has 6 heteroatoms. The number of nitrogens with zero attached hydrogens (tertiary/aromatic N) is 1. The number of hydrogen-bond acceptors (Lipinski definition) is 3. The highest BCUT2D eigenvalue weighted by atomic mass is 19.1. The SMILES string of the molecule is COc1cc(F)cc(C2NC(=O)N3CCC=CC3=C2C(C)=O)c1. The lowest BCUT2D eigenvalue weighted by Crippen LogP contribution is -2.48. The molecule has 0 aromatic heterocycles. The van der Waals surface area contributed by atoms with Crippen molar-refractivity contribution in [2.75, 3.05) is 13.7 Å². The van der Waals surface area contributed by atoms with Crippen LogP contribution >= 0.6 is 0 Å². The lowest BCUT2D eigenvalue weighted by atomic mass is 9.90. The molecule has 0 saturated carbocycles. The Balaban J connectivity index is 2.16. The largest absolute Gasteiger partial charge is 0.497 e. The molecule has 2 heterocycles. The minimum atomic E-state index is -0.696. The Labute approximate surface area is 133 Å². The first-order chi connectivity index (χ1) is 11.0. The maximum absolute atomic E-state index is 13.8. The van der Waals surface area contributed by atoms with Gasteiger partial charge in [0.2, 0.25) is 0 Å². The minimum Gasteiger partial charge on any atom is -0.497 e. The van der Waals surface area contributed by atoms with Crippen molar-refractivity contribution in [3.05, 3.63) is 53.0 Å². The summed E-state index contributed by atoms with van der Waals surface area (Å²) in [4.78, 5) is 26.1. The summed E-state index contributed by atoms with van der Waals surface area (Å²) in [5.74, 6) is -0.309. The zero-order valence-electron chi connectivity index (χ0n) is 12.9. The van der Waals surface area contributed by atoms with E-state index >= 15 is 0 Å². The summed E-state index contributed by atoms with van der Waals surface area (Å²) < 4.78 is 18.9. The summed E-state index contributed by atoms with van der Waals surface area (Å²) in [6.07, 6.45) is 4.44. The van der Waals surface area contributed by atoms with Crippen LogP contribution in [0.1, 0.15) is 24.9 Å². The summed E-state index contributed by atoms with van der Waals surface area (Å²) in [7, 11) is 1.44. The molecule has 120 valence electrons. The summed E-state index contributed by atoms with van der Waals surface area (Å²) in [5, 5.41) is 2.79. The topological polar surface area (TPSA) is 58.6 Å². The van der Waals surface area contributed by atoms with Crippen LogP contribution in [0.15, 0.2) is 41.6 Å². The Morgan fingerprint density at radius 3 is 2.87 bits per heavy atom. The van der Waals surface area contributed by atoms with E-state index in [-0.39, 0.29) is 11.8 Å². The summed E-state index contributed by atoms with van der Waals surface area (Å²) in [6.45, 7) is 1.97. The Morgan fingerprint density at radius 2 is 2.17 bits per heavy atom. The Kier molecular flexibility index (Phi) is 3.90. The second-order valence-electron chi connectivity index (χ2n) is 5.50. The second kappa shape index (κ2) is 5.87. The number of Topliss-reactive ketones (excluding diaryl/α,β-unsaturated/α-hetero) is 1. The van der Waals surface area contributed by atoms with E-state index in [0.717, 1.165) is 6.42 Å². The van der Waals surface area contributed by atoms with Gasteiger partial charge in [0.15, 0.2) is 5.78 Å². The van der Waals surface area contributed by atoms with Gasteiger partial charge in [0.25, 0.3) is 0 Å². The number of ketones is 1. The van der Waals surface area contributed by atoms with Crippen LogP contribution in [0.4, 0.5) is 9.18 Å². The monoisotopic (exact) mass is 316 g/mol. The maximum Gasteiger partial charge on any atom is 0.322 e. The number of amides is 2. The van der Waals surface area contributed by atoms with E-state index in [1.54, 1.807) is 17.0 Å². The van der Waals surface area contributed by atoms with Gasteiger partial charge in [0.05, 0.1) is 18.8 Å². The molecule has 23 heavy (non-hydrogen) atoms. The average molecular weight is 316 g/mol. The molecule has 2 aliphatic heterocycles. The molecule has 0 fully saturated rings. The number of allylic oxidation sites excluding steroid dienone is 1. The van der Waals surface area contributed by atoms with Gasteiger partial charge in [-0.1, -0.05) is 6.08 Å². The van der Waals surface area contributed by atoms with Crippen molar-refractivity contribution < 1.29 is 18.7 Å². The van der Waals surface area contributed by atoms with Gasteiger partial charge in [-0.25, -0.2) is 9.18 Å². The maximum atomic E-state index is 13.8. The van der Waals surface area contributed by atoms with Crippen LogP contribution in [0.5, 0.6) is 5.75 Å². The van der Waals surface area contributed by atoms with E-state index in [1.807, 2.05) is 6.08 Å². The zero-order valence-corrected chi connectivity index (χ0v) is 12.9. The molecule has 0 radical (unpaired) electrons. The first kappa shape index (κ1) is 15.3. The summed E-state index contributed by atoms with van der Waals surface area (Å²) in [5.41, 5.74) is 1.51. The highest BCUT2D eigenvalue weighted by molar-refractivity contribution is 5.99. The molecule has 1 aromatic rings. The number of nitrogens with one attached hydrogen (secondary N) is 1. The molecule has 5 nitrogen and oxygen atoms in total. The molecule has 2 amide bonds. The number of methoxy groups -OCH3 is 1. The van der Waals surface area contributed by atoms with Crippen molar-refractivity contribution in [3.8, 4) is 5.75 Å². The number of carbonyl (C=O) groups is 2. The predicted octanol–water partition coefficient (Wildman–Crippen LogP) is 2.70. The predicted molar refractivity (Wildman–Crippen MR) is 82.4 cm³/mol. The van der Waals surface area contributed by atoms with Gasteiger partial charge in [-0.3, -0.25) is 9.69 Å². The van der Waals surface area contributed by atoms with Gasteiger partial charge >= 0.3 is 6.03 Å². The molecule has 1 N–H and O–H groups in total. The molecular formula is C17H17FN2O3. The van der Waals surface area contributed by atoms with E-state index in [1.165, 1.54) is 26.2 Å². The van der Waals surface area contributed by atoms with E-state index in [4.69, 9.17) is 4.74 Å². The Morgan fingerprint density at radius 1 is 1.39 bits per heavy atom. The lowest BCUT2D eigenvalue weighted by Gasteiger charge is -2.37. The van der Waals surface area contributed by atoms with Crippen molar-refractivity contribution in [1.82, 2.24) is 10.2 Å². The van der Waals surface area contributed by atoms with Crippen molar-refractivity contribution in [2.45, 2.75) is 19.4 Å². The fourth-order valence-corrected chi connectivity index (χ4v) is 2.98. The van der Waals surface area contributed by atoms with Crippen molar-refractivity contribution in [3.63, 3.8) is 0 Å². The standard InChI is InChI=1S/C17H17FN2O3/c1-10(21)15-14-5-3-4-6-20(14)17(22)19-16(15)11-7-12(18)9-13(8-11)23-2/h3,5,7-9,16H,4,6H2,1-2H3,(H,19,22). The van der Waals surface area contributed by atoms with Crippen LogP contribution in [0.2, 0.25) is 0 Å². The molecule has 1 aromatic carbocycles. The van der Waals surface area contributed by atoms with Crippen molar-refractivity contribution >= 4 is 11.8 Å². The smallest absolute Gasteiger partial charge is 0.322 e. The molecular weight excluding hydrogens is 299 g/mol. The van der Waals surface area contributed by atoms with E-state index in [9.17, 15) is 14.0 Å². The quantitative estimate of drug-likeness (QED) is 0.933. The average Bonchev–Trinajstić information content (AvgIpc) is 2.53. The minimum absolute atomic E-state index is 0.162. The van der Waals surface area contributed by atoms with E-state index < -0.39 is 11.9 Å². The molecule has 0 aliphatic carbocycles. The third kappa shape index (κ3) is 2.72. The van der Waals surface area contributed by atoms with Gasteiger partial charge < -0.3 is 10.1 Å². The number of urea groups is 1. The van der Waals surface area contributed by atoms with Gasteiger partial charge in [-0.15, -0.1) is 0 Å². The normalized spacial score (nSPS) is 20.2. The summed E-state index contributed by atoms with van der Waals surface area (Å²) in [6, 6.07) is 3.20. The molecule has 0 saturated heterocycles. The molecule has 2 aliphatic rings. The first-order valence-corrected chi connectivity index (χ1v) is 7.35. The number of hydrogen-bond donors (Lipinski definition) is 1. The molecule has 1 unspecified atom stereocenters. The van der Waals surface area contributed by atoms with Gasteiger partial charge in [-0.2, -0.15) is 0 Å². The van der Waals surface area contributed by atoms with Gasteiger partial charge in [0, 0.05) is 18.2 Å². The third-order valence-corrected chi connectivity index (χ3v) is 4.01. The number of benzene rings is 1. The van der Waals surface area contributed by atoms with Crippen LogP contribution in [0.3, 0.4) is 0 Å². The molecule has 0 bridgehead atoms. The first-order valence-electron chi connectivity index (χ1n) is 7.35. The van der Waals surface area contributed by atoms with Gasteiger partial charge in [0.1, 0.15) is 11.6 Å². The fraction of sp³-hybridized carbons (Fsp3) is 0.294. The van der Waals surface area contributed by atoms with Crippen molar-refractivity contribution in [1.29, 1.82) is 0 Å². The van der Waals surface area contributed by atoms with Crippen LogP contribution < -0.4 is 10.1 Å². The molecule has 1 atom stereocenters. The number of carbonyl (C=O) groups excluding carboxylic acids is 2. The Bertz CT molecular complexity index is 739. The van der Waals surface area contributed by atoms with E-state index in [2.05, 4.69) is 5.32 Å². The molecule has 0 spiro atoms. The number of rotatable bonds is 3. The van der Waals surface area contributed by atoms with Crippen molar-refractivity contribution in [2.24, 2.45) is 0 Å². The zero-order chi connectivity index (χ0) is 16.6. The van der Waals surface area contributed by atoms with Crippen LogP contribution in [0, 0.1) is 5.82 Å². The number of halogens is 1. The van der Waals surface area contributed by atoms with E-state index in [0.29, 0.717) is 29.1 Å². The summed E-state index contributed by atoms with van der Waals surface area (Å²) >= 11 is 0. The van der Waals surface area contributed by atoms with Crippen LogP contribution in [-0.4, -0.2) is 30.4 Å². The lowest BCUT2D eigenvalue weighted by molar-refractivity contribution is -0.114. The molecule has 3 rings (SSSR count). The second-order valence-corrected chi connectivity index (χ2v) is 5.50. The Hall–Kier alpha value is -2.63. The fourth-order valence-electron chi connectivity index (χ4n) is 2.98. The van der Waals surface area contributed by atoms with Crippen LogP contribution in [-0.2, 0) is 4.79 Å².